The lowest BCUT2D eigenvalue weighted by molar-refractivity contribution is 0.145. The predicted octanol–water partition coefficient (Wildman–Crippen LogP) is 1.65. The molecule has 1 aromatic heterocycles. The van der Waals surface area contributed by atoms with Gasteiger partial charge in [0, 0.05) is 26.4 Å². The molecular weight excluding hydrogens is 495 g/mol. The van der Waals surface area contributed by atoms with Gasteiger partial charge >= 0.3 is 0 Å². The quantitative estimate of drug-likeness (QED) is 0.206. The first-order valence-corrected chi connectivity index (χ1v) is 11.5. The van der Waals surface area contributed by atoms with E-state index in [0.29, 0.717) is 25.7 Å². The van der Waals surface area contributed by atoms with E-state index in [-0.39, 0.29) is 42.4 Å². The Morgan fingerprint density at radius 1 is 1.29 bits per heavy atom. The second-order valence-corrected chi connectivity index (χ2v) is 9.01. The summed E-state index contributed by atoms with van der Waals surface area (Å²) in [6, 6.07) is 4.12. The summed E-state index contributed by atoms with van der Waals surface area (Å²) in [7, 11) is -1.25. The first-order valence-electron chi connectivity index (χ1n) is 9.47. The zero-order valence-corrected chi connectivity index (χ0v) is 19.9. The number of hydrogen-bond donors (Lipinski definition) is 2. The predicted molar refractivity (Wildman–Crippen MR) is 122 cm³/mol. The molecule has 0 amide bonds. The van der Waals surface area contributed by atoms with Crippen molar-refractivity contribution in [2.45, 2.75) is 25.3 Å². The van der Waals surface area contributed by atoms with Gasteiger partial charge in [0.15, 0.2) is 5.96 Å². The van der Waals surface area contributed by atoms with Crippen LogP contribution in [-0.4, -0.2) is 77.7 Å². The molecule has 10 heteroatoms. The van der Waals surface area contributed by atoms with Crippen LogP contribution in [0.1, 0.15) is 31.1 Å². The van der Waals surface area contributed by atoms with Crippen molar-refractivity contribution in [2.75, 3.05) is 58.4 Å². The standard InChI is InChI=1S/C18H32N4O4S.HI/c1-19-18(20-8-12-25-13-14-27(2,23)24)21-15-16(17-7-6-11-26-17)22-9-4-3-5-10-22;/h6-7,11,16H,3-5,8-10,12-15H2,1-2H3,(H2,19,20,21);1H. The van der Waals surface area contributed by atoms with Gasteiger partial charge in [0.25, 0.3) is 0 Å². The number of furan rings is 1. The van der Waals surface area contributed by atoms with Crippen molar-refractivity contribution in [2.24, 2.45) is 4.99 Å². The third kappa shape index (κ3) is 9.57. The molecule has 1 saturated heterocycles. The van der Waals surface area contributed by atoms with Crippen molar-refractivity contribution in [1.82, 2.24) is 15.5 Å². The Balaban J connectivity index is 0.00000392. The SMILES string of the molecule is CN=C(NCCOCCS(C)(=O)=O)NCC(c1ccco1)N1CCCCC1.I. The van der Waals surface area contributed by atoms with Gasteiger partial charge in [0.2, 0.25) is 0 Å². The van der Waals surface area contributed by atoms with Gasteiger partial charge in [-0.05, 0) is 38.1 Å². The second-order valence-electron chi connectivity index (χ2n) is 6.75. The number of nitrogens with zero attached hydrogens (tertiary/aromatic N) is 2. The molecule has 0 bridgehead atoms. The maximum Gasteiger partial charge on any atom is 0.191 e. The summed E-state index contributed by atoms with van der Waals surface area (Å²) in [6.45, 7) is 4.03. The highest BCUT2D eigenvalue weighted by Gasteiger charge is 2.24. The van der Waals surface area contributed by atoms with Gasteiger partial charge in [-0.3, -0.25) is 9.89 Å². The number of ether oxygens (including phenoxy) is 1. The zero-order valence-electron chi connectivity index (χ0n) is 16.7. The highest BCUT2D eigenvalue weighted by Crippen LogP contribution is 2.24. The number of hydrogen-bond acceptors (Lipinski definition) is 6. The molecule has 2 heterocycles. The fourth-order valence-electron chi connectivity index (χ4n) is 3.09. The van der Waals surface area contributed by atoms with Crippen LogP contribution in [0.25, 0.3) is 0 Å². The van der Waals surface area contributed by atoms with E-state index in [9.17, 15) is 8.42 Å². The number of piperidine rings is 1. The van der Waals surface area contributed by atoms with Crippen LogP contribution in [0.4, 0.5) is 0 Å². The highest BCUT2D eigenvalue weighted by molar-refractivity contribution is 14.0. The lowest BCUT2D eigenvalue weighted by Gasteiger charge is -2.33. The van der Waals surface area contributed by atoms with Gasteiger partial charge in [-0.25, -0.2) is 8.42 Å². The van der Waals surface area contributed by atoms with Gasteiger partial charge in [-0.15, -0.1) is 24.0 Å². The largest absolute Gasteiger partial charge is 0.468 e. The maximum atomic E-state index is 11.1. The van der Waals surface area contributed by atoms with E-state index in [1.54, 1.807) is 13.3 Å². The molecule has 28 heavy (non-hydrogen) atoms. The van der Waals surface area contributed by atoms with Crippen molar-refractivity contribution in [3.63, 3.8) is 0 Å². The fraction of sp³-hybridized carbons (Fsp3) is 0.722. The van der Waals surface area contributed by atoms with E-state index < -0.39 is 9.84 Å². The van der Waals surface area contributed by atoms with E-state index in [2.05, 4.69) is 20.5 Å². The van der Waals surface area contributed by atoms with Gasteiger partial charge < -0.3 is 19.8 Å². The Labute approximate surface area is 185 Å². The Bertz CT molecular complexity index is 661. The lowest BCUT2D eigenvalue weighted by atomic mass is 10.1. The molecule has 1 aromatic rings. The van der Waals surface area contributed by atoms with Crippen LogP contribution in [0.2, 0.25) is 0 Å². The van der Waals surface area contributed by atoms with Crippen molar-refractivity contribution in [3.05, 3.63) is 24.2 Å². The van der Waals surface area contributed by atoms with Crippen LogP contribution in [0.3, 0.4) is 0 Å². The number of aliphatic imine (C=N–C) groups is 1. The number of guanidine groups is 1. The monoisotopic (exact) mass is 528 g/mol. The highest BCUT2D eigenvalue weighted by atomic mass is 127. The Morgan fingerprint density at radius 3 is 2.64 bits per heavy atom. The first-order chi connectivity index (χ1) is 13.0. The van der Waals surface area contributed by atoms with E-state index in [0.717, 1.165) is 18.8 Å². The Kier molecular flexibility index (Phi) is 12.0. The maximum absolute atomic E-state index is 11.1. The number of halogens is 1. The number of likely N-dealkylation sites (tertiary alicyclic amines) is 1. The van der Waals surface area contributed by atoms with E-state index in [1.165, 1.54) is 25.5 Å². The minimum Gasteiger partial charge on any atom is -0.468 e. The van der Waals surface area contributed by atoms with Crippen molar-refractivity contribution in [1.29, 1.82) is 0 Å². The summed E-state index contributed by atoms with van der Waals surface area (Å²) in [4.78, 5) is 6.69. The Morgan fingerprint density at radius 2 is 2.04 bits per heavy atom. The first kappa shape index (κ1) is 25.2. The summed E-state index contributed by atoms with van der Waals surface area (Å²) in [5.74, 6) is 1.69. The molecule has 0 radical (unpaired) electrons. The summed E-state index contributed by atoms with van der Waals surface area (Å²) < 4.78 is 33.1. The molecule has 8 nitrogen and oxygen atoms in total. The van der Waals surface area contributed by atoms with Crippen molar-refractivity contribution >= 4 is 39.8 Å². The molecule has 0 aliphatic carbocycles. The summed E-state index contributed by atoms with van der Waals surface area (Å²) >= 11 is 0. The van der Waals surface area contributed by atoms with E-state index in [1.807, 2.05) is 12.1 Å². The minimum atomic E-state index is -2.98. The Hall–Kier alpha value is -0.850. The molecule has 2 rings (SSSR count). The van der Waals surface area contributed by atoms with Crippen LogP contribution in [0, 0.1) is 0 Å². The van der Waals surface area contributed by atoms with Crippen LogP contribution >= 0.6 is 24.0 Å². The fourth-order valence-corrected chi connectivity index (χ4v) is 3.51. The topological polar surface area (TPSA) is 96.2 Å². The minimum absolute atomic E-state index is 0. The molecule has 1 aliphatic rings. The van der Waals surface area contributed by atoms with Gasteiger partial charge in [0.1, 0.15) is 15.6 Å². The number of sulfone groups is 1. The second kappa shape index (κ2) is 13.4. The third-order valence-electron chi connectivity index (χ3n) is 4.53. The van der Waals surface area contributed by atoms with Crippen LogP contribution in [0.15, 0.2) is 27.8 Å². The number of rotatable bonds is 10. The van der Waals surface area contributed by atoms with Gasteiger partial charge in [0.05, 0.1) is 31.3 Å². The summed E-state index contributed by atoms with van der Waals surface area (Å²) in [6.07, 6.45) is 6.65. The van der Waals surface area contributed by atoms with E-state index in [4.69, 9.17) is 9.15 Å². The third-order valence-corrected chi connectivity index (χ3v) is 5.44. The lowest BCUT2D eigenvalue weighted by Crippen LogP contribution is -2.45. The molecular formula is C18H33IN4O4S. The molecule has 1 aliphatic heterocycles. The molecule has 1 fully saturated rings. The number of nitrogens with one attached hydrogen (secondary N) is 2. The van der Waals surface area contributed by atoms with Crippen LogP contribution in [-0.2, 0) is 14.6 Å². The summed E-state index contributed by atoms with van der Waals surface area (Å²) in [5, 5.41) is 6.54. The van der Waals surface area contributed by atoms with Gasteiger partial charge in [-0.2, -0.15) is 0 Å². The van der Waals surface area contributed by atoms with Crippen molar-refractivity contribution < 1.29 is 17.6 Å². The van der Waals surface area contributed by atoms with Crippen LogP contribution in [0.5, 0.6) is 0 Å². The van der Waals surface area contributed by atoms with Gasteiger partial charge in [-0.1, -0.05) is 6.42 Å². The molecule has 0 spiro atoms. The smallest absolute Gasteiger partial charge is 0.191 e. The molecule has 2 N–H and O–H groups in total. The summed E-state index contributed by atoms with van der Waals surface area (Å²) in [5.41, 5.74) is 0. The molecule has 162 valence electrons. The molecule has 0 saturated carbocycles. The van der Waals surface area contributed by atoms with Crippen LogP contribution < -0.4 is 10.6 Å². The van der Waals surface area contributed by atoms with Crippen molar-refractivity contribution in [3.8, 4) is 0 Å². The average molecular weight is 528 g/mol. The molecule has 1 atom stereocenters. The normalized spacial score (nSPS) is 17.0. The molecule has 1 unspecified atom stereocenters. The molecule has 0 aromatic carbocycles. The van der Waals surface area contributed by atoms with E-state index >= 15 is 0 Å². The zero-order chi connectivity index (χ0) is 19.5. The average Bonchev–Trinajstić information content (AvgIpc) is 3.17.